The Morgan fingerprint density at radius 2 is 2.00 bits per heavy atom. The van der Waals surface area contributed by atoms with Crippen molar-refractivity contribution in [1.82, 2.24) is 4.98 Å². The average Bonchev–Trinajstić information content (AvgIpc) is 3.18. The van der Waals surface area contributed by atoms with E-state index in [1.54, 1.807) is 12.4 Å². The molecule has 0 aliphatic heterocycles. The van der Waals surface area contributed by atoms with Gasteiger partial charge in [0.2, 0.25) is 0 Å². The van der Waals surface area contributed by atoms with E-state index < -0.39 is 8.84 Å². The largest absolute Gasteiger partial charge is 0.424 e. The van der Waals surface area contributed by atoms with E-state index in [-0.39, 0.29) is 5.04 Å². The molecule has 0 unspecified atom stereocenters. The van der Waals surface area contributed by atoms with Gasteiger partial charge < -0.3 is 4.46 Å². The highest BCUT2D eigenvalue weighted by atomic mass is 28.3. The number of aromatic nitrogens is 1. The Morgan fingerprint density at radius 1 is 1.37 bits per heavy atom. The molecule has 1 fully saturated rings. The summed E-state index contributed by atoms with van der Waals surface area (Å²) in [5.74, 6) is 0.865. The van der Waals surface area contributed by atoms with Crippen LogP contribution in [0, 0.1) is 5.92 Å². The van der Waals surface area contributed by atoms with Crippen molar-refractivity contribution in [3.8, 4) is 0 Å². The van der Waals surface area contributed by atoms with Gasteiger partial charge in [-0.15, -0.1) is 0 Å². The number of nitrogens with zero attached hydrogens (tertiary/aromatic N) is 2. The van der Waals surface area contributed by atoms with Gasteiger partial charge in [0.05, 0.1) is 0 Å². The predicted octanol–water partition coefficient (Wildman–Crippen LogP) is 3.78. The average molecular weight is 274 g/mol. The van der Waals surface area contributed by atoms with E-state index >= 15 is 0 Å². The van der Waals surface area contributed by atoms with Crippen molar-refractivity contribution in [2.24, 2.45) is 10.6 Å². The molecule has 1 aliphatic carbocycles. The van der Waals surface area contributed by atoms with Gasteiger partial charge in [-0.3, -0.25) is 9.64 Å². The Morgan fingerprint density at radius 3 is 2.53 bits per heavy atom. The molecular weight excluding hydrogens is 252 g/mol. The maximum Gasteiger partial charge on any atom is 0.424 e. The maximum absolute atomic E-state index is 12.3. The van der Waals surface area contributed by atoms with E-state index in [1.165, 1.54) is 19.3 Å². The fourth-order valence-electron chi connectivity index (χ4n) is 1.85. The lowest BCUT2D eigenvalue weighted by atomic mass is 10.1. The third kappa shape index (κ3) is 4.46. The molecule has 1 aliphatic rings. The Bertz CT molecular complexity index is 473. The molecule has 1 saturated carbocycles. The van der Waals surface area contributed by atoms with Crippen LogP contribution in [0.5, 0.6) is 0 Å². The molecule has 0 radical (unpaired) electrons. The van der Waals surface area contributed by atoms with Gasteiger partial charge in [0.1, 0.15) is 0 Å². The molecule has 1 heterocycles. The number of rotatable bonds is 5. The van der Waals surface area contributed by atoms with Gasteiger partial charge in [-0.1, -0.05) is 33.6 Å². The summed E-state index contributed by atoms with van der Waals surface area (Å²) in [6, 6.07) is 3.92. The van der Waals surface area contributed by atoms with E-state index in [0.29, 0.717) is 0 Å². The Balaban J connectivity index is 2.17. The number of hydrogen-bond acceptors (Lipinski definition) is 2. The highest BCUT2D eigenvalue weighted by Crippen LogP contribution is 2.34. The van der Waals surface area contributed by atoms with Crippen LogP contribution in [0.4, 0.5) is 0 Å². The van der Waals surface area contributed by atoms with Crippen molar-refractivity contribution in [2.45, 2.75) is 51.5 Å². The third-order valence-electron chi connectivity index (χ3n) is 3.38. The molecule has 0 atom stereocenters. The number of pyridine rings is 1. The Hall–Kier alpha value is -1.16. The lowest BCUT2D eigenvalue weighted by molar-refractivity contribution is 0.526. The zero-order valence-corrected chi connectivity index (χ0v) is 13.0. The highest BCUT2D eigenvalue weighted by molar-refractivity contribution is 6.47. The number of hydrogen-bond donors (Lipinski definition) is 0. The predicted molar refractivity (Wildman–Crippen MR) is 78.9 cm³/mol. The first kappa shape index (κ1) is 14.3. The molecular formula is C15H22N2OSi. The first-order chi connectivity index (χ1) is 8.97. The van der Waals surface area contributed by atoms with E-state index in [1.807, 2.05) is 32.9 Å². The summed E-state index contributed by atoms with van der Waals surface area (Å²) in [4.78, 5) is 4.04. The van der Waals surface area contributed by atoms with Gasteiger partial charge in [-0.05, 0) is 36.5 Å². The SMILES string of the molecule is CC(C)(C)[Si](=O)N=C(CCC1CC1)c1ccncc1. The molecule has 0 saturated heterocycles. The topological polar surface area (TPSA) is 42.3 Å². The van der Waals surface area contributed by atoms with Crippen molar-refractivity contribution < 1.29 is 4.46 Å². The van der Waals surface area contributed by atoms with Crippen molar-refractivity contribution in [1.29, 1.82) is 0 Å². The molecule has 1 aromatic rings. The fraction of sp³-hybridized carbons (Fsp3) is 0.600. The summed E-state index contributed by atoms with van der Waals surface area (Å²) in [6.45, 7) is 5.97. The van der Waals surface area contributed by atoms with E-state index in [9.17, 15) is 4.46 Å². The van der Waals surface area contributed by atoms with E-state index in [4.69, 9.17) is 0 Å². The molecule has 0 bridgehead atoms. The summed E-state index contributed by atoms with van der Waals surface area (Å²) in [5, 5.41) is -0.234. The summed E-state index contributed by atoms with van der Waals surface area (Å²) in [5.41, 5.74) is 2.06. The fourth-order valence-corrected chi connectivity index (χ4v) is 2.67. The van der Waals surface area contributed by atoms with Gasteiger partial charge in [0.15, 0.2) is 0 Å². The summed E-state index contributed by atoms with van der Waals surface area (Å²) < 4.78 is 16.8. The van der Waals surface area contributed by atoms with Crippen LogP contribution in [0.2, 0.25) is 5.04 Å². The van der Waals surface area contributed by atoms with Crippen molar-refractivity contribution in [2.75, 3.05) is 0 Å². The van der Waals surface area contributed by atoms with Crippen molar-refractivity contribution in [3.63, 3.8) is 0 Å². The molecule has 0 spiro atoms. The third-order valence-corrected chi connectivity index (χ3v) is 5.13. The molecule has 0 amide bonds. The molecule has 102 valence electrons. The van der Waals surface area contributed by atoms with Crippen LogP contribution >= 0.6 is 0 Å². The standard InChI is InChI=1S/C15H22N2OSi/c1-15(2,3)19(18)17-14(7-6-12-4-5-12)13-8-10-16-11-9-13/h8-12H,4-7H2,1-3H3. The second kappa shape index (κ2) is 5.86. The van der Waals surface area contributed by atoms with Gasteiger partial charge in [-0.2, -0.15) is 0 Å². The van der Waals surface area contributed by atoms with Gasteiger partial charge >= 0.3 is 8.84 Å². The molecule has 1 aromatic heterocycles. The lowest BCUT2D eigenvalue weighted by Gasteiger charge is -2.13. The minimum atomic E-state index is -1.96. The van der Waals surface area contributed by atoms with E-state index in [2.05, 4.69) is 9.64 Å². The smallest absolute Gasteiger partial charge is 0.357 e. The monoisotopic (exact) mass is 274 g/mol. The van der Waals surface area contributed by atoms with Crippen LogP contribution in [-0.2, 0) is 4.46 Å². The van der Waals surface area contributed by atoms with Crippen LogP contribution in [0.1, 0.15) is 52.0 Å². The minimum absolute atomic E-state index is 0.234. The molecule has 2 rings (SSSR count). The Kier molecular flexibility index (Phi) is 4.40. The maximum atomic E-state index is 12.3. The second-order valence-electron chi connectivity index (χ2n) is 6.33. The molecule has 19 heavy (non-hydrogen) atoms. The van der Waals surface area contributed by atoms with Crippen LogP contribution in [-0.4, -0.2) is 19.5 Å². The Labute approximate surface area is 116 Å². The van der Waals surface area contributed by atoms with Gasteiger partial charge in [0, 0.05) is 23.1 Å². The highest BCUT2D eigenvalue weighted by Gasteiger charge is 2.26. The van der Waals surface area contributed by atoms with Crippen molar-refractivity contribution >= 4 is 14.6 Å². The molecule has 4 heteroatoms. The zero-order chi connectivity index (χ0) is 13.9. The molecule has 0 N–H and O–H groups in total. The van der Waals surface area contributed by atoms with E-state index in [0.717, 1.165) is 23.6 Å². The minimum Gasteiger partial charge on any atom is -0.357 e. The summed E-state index contributed by atoms with van der Waals surface area (Å²) in [6.07, 6.45) is 8.34. The normalized spacial score (nSPS) is 16.5. The zero-order valence-electron chi connectivity index (χ0n) is 12.0. The first-order valence-electron chi connectivity index (χ1n) is 6.99. The summed E-state index contributed by atoms with van der Waals surface area (Å²) >= 11 is 0. The first-order valence-corrected chi connectivity index (χ1v) is 8.35. The van der Waals surface area contributed by atoms with Crippen LogP contribution < -0.4 is 0 Å². The van der Waals surface area contributed by atoms with Crippen molar-refractivity contribution in [3.05, 3.63) is 30.1 Å². The van der Waals surface area contributed by atoms with Crippen LogP contribution in [0.3, 0.4) is 0 Å². The van der Waals surface area contributed by atoms with Crippen LogP contribution in [0.15, 0.2) is 29.2 Å². The summed E-state index contributed by atoms with van der Waals surface area (Å²) in [7, 11) is -1.96. The lowest BCUT2D eigenvalue weighted by Crippen LogP contribution is -2.17. The molecule has 3 nitrogen and oxygen atoms in total. The van der Waals surface area contributed by atoms with Crippen LogP contribution in [0.25, 0.3) is 0 Å². The van der Waals surface area contributed by atoms with Gasteiger partial charge in [0.25, 0.3) is 0 Å². The molecule has 0 aromatic carbocycles. The quantitative estimate of drug-likeness (QED) is 0.605. The van der Waals surface area contributed by atoms with Gasteiger partial charge in [-0.25, -0.2) is 0 Å². The second-order valence-corrected chi connectivity index (χ2v) is 8.67.